The van der Waals surface area contributed by atoms with E-state index in [2.05, 4.69) is 15.1 Å². The van der Waals surface area contributed by atoms with Crippen molar-refractivity contribution in [3.63, 3.8) is 0 Å². The Bertz CT molecular complexity index is 284. The highest BCUT2D eigenvalue weighted by Crippen LogP contribution is 2.31. The average Bonchev–Trinajstić information content (AvgIpc) is 2.51. The highest BCUT2D eigenvalue weighted by atomic mass is 35.5. The van der Waals surface area contributed by atoms with Crippen molar-refractivity contribution in [2.75, 3.05) is 0 Å². The van der Waals surface area contributed by atoms with Gasteiger partial charge in [0, 0.05) is 6.04 Å². The molecule has 1 aromatic rings. The number of hydrogen-bond donors (Lipinski definition) is 2. The molecular formula is C7H11ClN4O. The number of rotatable bonds is 3. The van der Waals surface area contributed by atoms with E-state index in [0.717, 1.165) is 12.8 Å². The molecule has 1 fully saturated rings. The van der Waals surface area contributed by atoms with E-state index in [1.54, 1.807) is 10.9 Å². The molecule has 2 N–H and O–H groups in total. The molecule has 1 aromatic heterocycles. The van der Waals surface area contributed by atoms with E-state index in [4.69, 9.17) is 16.9 Å². The third kappa shape index (κ3) is 1.67. The molecule has 2 rings (SSSR count). The van der Waals surface area contributed by atoms with Crippen LogP contribution in [0, 0.1) is 0 Å². The molecule has 0 aliphatic heterocycles. The number of aliphatic hydroxyl groups is 1. The standard InChI is InChI=1S/C7H11ClN4O/c8-9-5-1-7(2-5)12-3-6(4-13)10-11-12/h3,5,7,9,13H,1-2,4H2. The minimum Gasteiger partial charge on any atom is -0.390 e. The summed E-state index contributed by atoms with van der Waals surface area (Å²) in [4.78, 5) is 2.68. The Morgan fingerprint density at radius 3 is 3.00 bits per heavy atom. The first-order chi connectivity index (χ1) is 6.33. The van der Waals surface area contributed by atoms with E-state index < -0.39 is 0 Å². The lowest BCUT2D eigenvalue weighted by molar-refractivity contribution is 0.230. The van der Waals surface area contributed by atoms with Crippen LogP contribution in [-0.2, 0) is 6.61 Å². The lowest BCUT2D eigenvalue weighted by Crippen LogP contribution is -2.38. The molecule has 5 nitrogen and oxygen atoms in total. The average molecular weight is 203 g/mol. The number of nitrogens with one attached hydrogen (secondary N) is 1. The summed E-state index contributed by atoms with van der Waals surface area (Å²) in [7, 11) is 0. The number of halogens is 1. The zero-order chi connectivity index (χ0) is 9.26. The molecule has 0 bridgehead atoms. The van der Waals surface area contributed by atoms with Crippen LogP contribution in [0.2, 0.25) is 0 Å². The van der Waals surface area contributed by atoms with Crippen molar-refractivity contribution >= 4 is 11.8 Å². The van der Waals surface area contributed by atoms with Gasteiger partial charge in [-0.1, -0.05) is 5.21 Å². The van der Waals surface area contributed by atoms with Gasteiger partial charge in [-0.2, -0.15) is 0 Å². The van der Waals surface area contributed by atoms with Crippen molar-refractivity contribution in [1.82, 2.24) is 19.8 Å². The van der Waals surface area contributed by atoms with Gasteiger partial charge in [0.05, 0.1) is 18.8 Å². The highest BCUT2D eigenvalue weighted by Gasteiger charge is 2.30. The summed E-state index contributed by atoms with van der Waals surface area (Å²) in [6.07, 6.45) is 3.71. The smallest absolute Gasteiger partial charge is 0.108 e. The SMILES string of the molecule is OCc1cn(C2CC(NCl)C2)nn1. The fraction of sp³-hybridized carbons (Fsp3) is 0.714. The normalized spacial score (nSPS) is 27.2. The molecular weight excluding hydrogens is 192 g/mol. The van der Waals surface area contributed by atoms with Gasteiger partial charge in [-0.25, -0.2) is 9.52 Å². The molecule has 1 aliphatic rings. The summed E-state index contributed by atoms with van der Waals surface area (Å²) in [5, 5.41) is 16.5. The number of nitrogens with zero attached hydrogens (tertiary/aromatic N) is 3. The number of aromatic nitrogens is 3. The summed E-state index contributed by atoms with van der Waals surface area (Å²) in [5.74, 6) is 0. The first kappa shape index (κ1) is 8.93. The maximum atomic E-state index is 8.77. The molecule has 0 amide bonds. The van der Waals surface area contributed by atoms with Gasteiger partial charge in [-0.3, -0.25) is 0 Å². The van der Waals surface area contributed by atoms with Crippen molar-refractivity contribution in [3.05, 3.63) is 11.9 Å². The first-order valence-electron chi connectivity index (χ1n) is 4.21. The fourth-order valence-corrected chi connectivity index (χ4v) is 1.64. The van der Waals surface area contributed by atoms with E-state index in [9.17, 15) is 0 Å². The third-order valence-electron chi connectivity index (χ3n) is 2.36. The van der Waals surface area contributed by atoms with Gasteiger partial charge in [0.2, 0.25) is 0 Å². The van der Waals surface area contributed by atoms with Crippen LogP contribution >= 0.6 is 11.8 Å². The van der Waals surface area contributed by atoms with Crippen LogP contribution in [0.1, 0.15) is 24.6 Å². The molecule has 1 aliphatic carbocycles. The van der Waals surface area contributed by atoms with Gasteiger partial charge in [0.1, 0.15) is 5.69 Å². The van der Waals surface area contributed by atoms with Crippen molar-refractivity contribution < 1.29 is 5.11 Å². The molecule has 0 unspecified atom stereocenters. The Balaban J connectivity index is 1.95. The second kappa shape index (κ2) is 3.61. The molecule has 1 heterocycles. The lowest BCUT2D eigenvalue weighted by Gasteiger charge is -2.33. The molecule has 72 valence electrons. The van der Waals surface area contributed by atoms with Crippen molar-refractivity contribution in [3.8, 4) is 0 Å². The predicted molar refractivity (Wildman–Crippen MR) is 47.0 cm³/mol. The summed E-state index contributed by atoms with van der Waals surface area (Å²) in [6, 6.07) is 0.762. The van der Waals surface area contributed by atoms with E-state index in [-0.39, 0.29) is 6.61 Å². The van der Waals surface area contributed by atoms with Gasteiger partial charge in [-0.15, -0.1) is 5.10 Å². The van der Waals surface area contributed by atoms with Crippen LogP contribution in [0.15, 0.2) is 6.20 Å². The summed E-state index contributed by atoms with van der Waals surface area (Å²) >= 11 is 5.45. The van der Waals surface area contributed by atoms with Crippen LogP contribution in [0.3, 0.4) is 0 Å². The van der Waals surface area contributed by atoms with E-state index >= 15 is 0 Å². The maximum absolute atomic E-state index is 8.77. The van der Waals surface area contributed by atoms with Gasteiger partial charge in [0.25, 0.3) is 0 Å². The van der Waals surface area contributed by atoms with Crippen LogP contribution in [-0.4, -0.2) is 26.1 Å². The molecule has 0 saturated heterocycles. The van der Waals surface area contributed by atoms with E-state index in [1.165, 1.54) is 0 Å². The summed E-state index contributed by atoms with van der Waals surface area (Å²) < 4.78 is 1.79. The number of aliphatic hydroxyl groups excluding tert-OH is 1. The molecule has 6 heteroatoms. The van der Waals surface area contributed by atoms with E-state index in [1.807, 2.05) is 0 Å². The molecule has 0 atom stereocenters. The second-order valence-corrected chi connectivity index (χ2v) is 3.50. The van der Waals surface area contributed by atoms with Gasteiger partial charge in [0.15, 0.2) is 0 Å². The van der Waals surface area contributed by atoms with Crippen molar-refractivity contribution in [2.45, 2.75) is 31.5 Å². The Hall–Kier alpha value is -0.650. The van der Waals surface area contributed by atoms with Crippen LogP contribution in [0.5, 0.6) is 0 Å². The van der Waals surface area contributed by atoms with Crippen LogP contribution in [0.25, 0.3) is 0 Å². The Labute approximate surface area is 80.8 Å². The molecule has 0 aromatic carbocycles. The predicted octanol–water partition coefficient (Wildman–Crippen LogP) is 0.217. The Morgan fingerprint density at radius 1 is 1.69 bits per heavy atom. The quantitative estimate of drug-likeness (QED) is 0.689. The highest BCUT2D eigenvalue weighted by molar-refractivity contribution is 6.13. The zero-order valence-corrected chi connectivity index (χ0v) is 7.78. The number of hydrogen-bond acceptors (Lipinski definition) is 4. The van der Waals surface area contributed by atoms with E-state index in [0.29, 0.717) is 17.8 Å². The largest absolute Gasteiger partial charge is 0.390 e. The van der Waals surface area contributed by atoms with Crippen molar-refractivity contribution in [2.24, 2.45) is 0 Å². The van der Waals surface area contributed by atoms with Gasteiger partial charge in [-0.05, 0) is 24.6 Å². The molecule has 13 heavy (non-hydrogen) atoms. The lowest BCUT2D eigenvalue weighted by atomic mass is 9.88. The first-order valence-corrected chi connectivity index (χ1v) is 4.59. The maximum Gasteiger partial charge on any atom is 0.108 e. The topological polar surface area (TPSA) is 63.0 Å². The second-order valence-electron chi connectivity index (χ2n) is 3.28. The fourth-order valence-electron chi connectivity index (χ4n) is 1.46. The van der Waals surface area contributed by atoms with Crippen molar-refractivity contribution in [1.29, 1.82) is 0 Å². The molecule has 0 radical (unpaired) electrons. The minimum atomic E-state index is -0.0517. The van der Waals surface area contributed by atoms with Gasteiger partial charge < -0.3 is 5.11 Å². The Kier molecular flexibility index (Phi) is 2.48. The van der Waals surface area contributed by atoms with Crippen LogP contribution < -0.4 is 4.84 Å². The monoisotopic (exact) mass is 202 g/mol. The minimum absolute atomic E-state index is 0.0517. The zero-order valence-electron chi connectivity index (χ0n) is 7.02. The summed E-state index contributed by atoms with van der Waals surface area (Å²) in [5.41, 5.74) is 0.613. The summed E-state index contributed by atoms with van der Waals surface area (Å²) in [6.45, 7) is -0.0517. The third-order valence-corrected chi connectivity index (χ3v) is 2.67. The Morgan fingerprint density at radius 2 is 2.46 bits per heavy atom. The van der Waals surface area contributed by atoms with Crippen LogP contribution in [0.4, 0.5) is 0 Å². The van der Waals surface area contributed by atoms with Gasteiger partial charge >= 0.3 is 0 Å². The molecule has 0 spiro atoms. The molecule has 1 saturated carbocycles.